The first-order chi connectivity index (χ1) is 11.3. The van der Waals surface area contributed by atoms with Crippen LogP contribution < -0.4 is 5.32 Å². The van der Waals surface area contributed by atoms with Crippen molar-refractivity contribution in [3.8, 4) is 0 Å². The van der Waals surface area contributed by atoms with Crippen LogP contribution in [0.5, 0.6) is 0 Å². The van der Waals surface area contributed by atoms with Gasteiger partial charge in [-0.3, -0.25) is 4.90 Å². The molecule has 1 aromatic carbocycles. The van der Waals surface area contributed by atoms with Crippen molar-refractivity contribution >= 4 is 28.2 Å². The van der Waals surface area contributed by atoms with Gasteiger partial charge in [0.1, 0.15) is 0 Å². The number of ether oxygens (including phenoxy) is 1. The Morgan fingerprint density at radius 1 is 1.35 bits per heavy atom. The summed E-state index contributed by atoms with van der Waals surface area (Å²) in [7, 11) is 0. The Bertz CT molecular complexity index is 593. The SMILES string of the molecule is CCNc1nnc(SC[C@H]2CN(Cc3ccccc3)CCO2)s1. The van der Waals surface area contributed by atoms with Crippen molar-refractivity contribution in [1.82, 2.24) is 15.1 Å². The molecule has 1 atom stereocenters. The molecule has 1 saturated heterocycles. The highest BCUT2D eigenvalue weighted by Gasteiger charge is 2.21. The number of morpholine rings is 1. The highest BCUT2D eigenvalue weighted by atomic mass is 32.2. The molecule has 1 N–H and O–H groups in total. The number of aromatic nitrogens is 2. The van der Waals surface area contributed by atoms with E-state index in [1.807, 2.05) is 0 Å². The first kappa shape index (κ1) is 16.7. The van der Waals surface area contributed by atoms with Gasteiger partial charge in [0.2, 0.25) is 5.13 Å². The van der Waals surface area contributed by atoms with Crippen molar-refractivity contribution < 1.29 is 4.74 Å². The third-order valence-electron chi connectivity index (χ3n) is 3.60. The van der Waals surface area contributed by atoms with E-state index in [2.05, 4.69) is 57.7 Å². The average Bonchev–Trinajstić information content (AvgIpc) is 3.02. The lowest BCUT2D eigenvalue weighted by molar-refractivity contribution is -0.0187. The lowest BCUT2D eigenvalue weighted by atomic mass is 10.2. The Labute approximate surface area is 145 Å². The summed E-state index contributed by atoms with van der Waals surface area (Å²) in [6.45, 7) is 6.71. The van der Waals surface area contributed by atoms with E-state index in [0.717, 1.165) is 48.0 Å². The van der Waals surface area contributed by atoms with Gasteiger partial charge in [0.25, 0.3) is 0 Å². The van der Waals surface area contributed by atoms with Gasteiger partial charge in [-0.15, -0.1) is 10.2 Å². The summed E-state index contributed by atoms with van der Waals surface area (Å²) in [6, 6.07) is 10.6. The van der Waals surface area contributed by atoms with Crippen molar-refractivity contribution in [2.24, 2.45) is 0 Å². The Kier molecular flexibility index (Phi) is 6.27. The average molecular weight is 351 g/mol. The summed E-state index contributed by atoms with van der Waals surface area (Å²) in [4.78, 5) is 2.47. The van der Waals surface area contributed by atoms with E-state index in [0.29, 0.717) is 0 Å². The molecule has 1 fully saturated rings. The third kappa shape index (κ3) is 5.17. The van der Waals surface area contributed by atoms with Gasteiger partial charge in [0, 0.05) is 31.9 Å². The lowest BCUT2D eigenvalue weighted by Gasteiger charge is -2.32. The molecule has 0 amide bonds. The fourth-order valence-corrected chi connectivity index (χ4v) is 4.37. The molecule has 1 aliphatic rings. The van der Waals surface area contributed by atoms with Gasteiger partial charge in [0.05, 0.1) is 12.7 Å². The van der Waals surface area contributed by atoms with E-state index in [9.17, 15) is 0 Å². The van der Waals surface area contributed by atoms with E-state index < -0.39 is 0 Å². The molecule has 5 nitrogen and oxygen atoms in total. The van der Waals surface area contributed by atoms with Gasteiger partial charge in [-0.1, -0.05) is 53.4 Å². The van der Waals surface area contributed by atoms with Crippen LogP contribution in [0.2, 0.25) is 0 Å². The fraction of sp³-hybridized carbons (Fsp3) is 0.500. The van der Waals surface area contributed by atoms with Crippen LogP contribution in [0.25, 0.3) is 0 Å². The third-order valence-corrected chi connectivity index (χ3v) is 5.75. The van der Waals surface area contributed by atoms with E-state index >= 15 is 0 Å². The zero-order chi connectivity index (χ0) is 15.9. The van der Waals surface area contributed by atoms with Crippen molar-refractivity contribution in [3.63, 3.8) is 0 Å². The number of rotatable bonds is 7. The predicted molar refractivity (Wildman–Crippen MR) is 96.3 cm³/mol. The number of nitrogens with zero attached hydrogens (tertiary/aromatic N) is 3. The number of thioether (sulfide) groups is 1. The van der Waals surface area contributed by atoms with Gasteiger partial charge < -0.3 is 10.1 Å². The Balaban J connectivity index is 1.46. The molecule has 7 heteroatoms. The smallest absolute Gasteiger partial charge is 0.206 e. The minimum Gasteiger partial charge on any atom is -0.375 e. The van der Waals surface area contributed by atoms with Gasteiger partial charge >= 0.3 is 0 Å². The first-order valence-electron chi connectivity index (χ1n) is 7.91. The zero-order valence-corrected chi connectivity index (χ0v) is 14.9. The van der Waals surface area contributed by atoms with Crippen LogP contribution in [0, 0.1) is 0 Å². The summed E-state index contributed by atoms with van der Waals surface area (Å²) in [6.07, 6.45) is 0.254. The highest BCUT2D eigenvalue weighted by Crippen LogP contribution is 2.27. The summed E-state index contributed by atoms with van der Waals surface area (Å²) >= 11 is 3.35. The summed E-state index contributed by atoms with van der Waals surface area (Å²) in [5.41, 5.74) is 1.36. The van der Waals surface area contributed by atoms with Crippen molar-refractivity contribution in [1.29, 1.82) is 0 Å². The lowest BCUT2D eigenvalue weighted by Crippen LogP contribution is -2.43. The van der Waals surface area contributed by atoms with Crippen LogP contribution in [0.1, 0.15) is 12.5 Å². The Morgan fingerprint density at radius 3 is 3.04 bits per heavy atom. The van der Waals surface area contributed by atoms with E-state index in [1.165, 1.54) is 5.56 Å². The standard InChI is InChI=1S/C16H22N4OS2/c1-2-17-15-18-19-16(23-15)22-12-14-11-20(8-9-21-14)10-13-6-4-3-5-7-13/h3-7,14H,2,8-12H2,1H3,(H,17,18)/t14-/m1/s1. The molecule has 3 rings (SSSR count). The summed E-state index contributed by atoms with van der Waals surface area (Å²) in [5.74, 6) is 0.923. The molecular weight excluding hydrogens is 328 g/mol. The molecule has 23 heavy (non-hydrogen) atoms. The first-order valence-corrected chi connectivity index (χ1v) is 9.71. The number of benzene rings is 1. The minimum atomic E-state index is 0.254. The largest absolute Gasteiger partial charge is 0.375 e. The fourth-order valence-electron chi connectivity index (χ4n) is 2.52. The molecule has 0 bridgehead atoms. The molecule has 2 aromatic rings. The minimum absolute atomic E-state index is 0.254. The van der Waals surface area contributed by atoms with Gasteiger partial charge in [-0.2, -0.15) is 0 Å². The summed E-state index contributed by atoms with van der Waals surface area (Å²) in [5, 5.41) is 12.4. The molecule has 0 radical (unpaired) electrons. The number of hydrogen-bond acceptors (Lipinski definition) is 7. The highest BCUT2D eigenvalue weighted by molar-refractivity contribution is 8.01. The molecule has 0 unspecified atom stereocenters. The van der Waals surface area contributed by atoms with Gasteiger partial charge in [-0.05, 0) is 12.5 Å². The molecule has 0 aliphatic carbocycles. The Hall–Kier alpha value is -1.15. The van der Waals surface area contributed by atoms with Crippen molar-refractivity contribution in [3.05, 3.63) is 35.9 Å². The van der Waals surface area contributed by atoms with Crippen LogP contribution in [-0.4, -0.2) is 53.2 Å². The van der Waals surface area contributed by atoms with Crippen molar-refractivity contribution in [2.45, 2.75) is 23.9 Å². The molecule has 0 spiro atoms. The van der Waals surface area contributed by atoms with Crippen LogP contribution in [0.15, 0.2) is 34.7 Å². The predicted octanol–water partition coefficient (Wildman–Crippen LogP) is 2.96. The molecule has 0 saturated carbocycles. The summed E-state index contributed by atoms with van der Waals surface area (Å²) < 4.78 is 6.90. The number of hydrogen-bond donors (Lipinski definition) is 1. The second-order valence-electron chi connectivity index (χ2n) is 5.43. The van der Waals surface area contributed by atoms with Crippen LogP contribution >= 0.6 is 23.1 Å². The second kappa shape index (κ2) is 8.63. The number of nitrogens with one attached hydrogen (secondary N) is 1. The van der Waals surface area contributed by atoms with Gasteiger partial charge in [0.15, 0.2) is 4.34 Å². The molecule has 1 aliphatic heterocycles. The molecule has 1 aromatic heterocycles. The monoisotopic (exact) mass is 350 g/mol. The zero-order valence-electron chi connectivity index (χ0n) is 13.3. The van der Waals surface area contributed by atoms with Crippen LogP contribution in [0.4, 0.5) is 5.13 Å². The molecule has 124 valence electrons. The van der Waals surface area contributed by atoms with E-state index in [-0.39, 0.29) is 6.10 Å². The van der Waals surface area contributed by atoms with Crippen LogP contribution in [0.3, 0.4) is 0 Å². The maximum atomic E-state index is 5.90. The Morgan fingerprint density at radius 2 is 2.22 bits per heavy atom. The van der Waals surface area contributed by atoms with E-state index in [4.69, 9.17) is 4.74 Å². The van der Waals surface area contributed by atoms with Crippen molar-refractivity contribution in [2.75, 3.05) is 37.3 Å². The normalized spacial score (nSPS) is 18.9. The molecular formula is C16H22N4OS2. The maximum absolute atomic E-state index is 5.90. The quantitative estimate of drug-likeness (QED) is 0.775. The topological polar surface area (TPSA) is 50.3 Å². The van der Waals surface area contributed by atoms with E-state index in [1.54, 1.807) is 23.1 Å². The van der Waals surface area contributed by atoms with Crippen LogP contribution in [-0.2, 0) is 11.3 Å². The maximum Gasteiger partial charge on any atom is 0.206 e. The number of anilines is 1. The van der Waals surface area contributed by atoms with Gasteiger partial charge in [-0.25, -0.2) is 0 Å². The molecule has 2 heterocycles. The second-order valence-corrected chi connectivity index (χ2v) is 7.67.